The highest BCUT2D eigenvalue weighted by Gasteiger charge is 2.30. The number of carbonyl (C=O) groups excluding carboxylic acids is 2. The number of rotatable bonds is 5. The number of nitrogens with one attached hydrogen (secondary N) is 1. The zero-order chi connectivity index (χ0) is 20.7. The molecule has 2 N–H and O–H groups in total. The highest BCUT2D eigenvalue weighted by atomic mass is 16.3. The van der Waals surface area contributed by atoms with Crippen molar-refractivity contribution in [2.45, 2.75) is 6.92 Å². The molecule has 29 heavy (non-hydrogen) atoms. The molecule has 2 amide bonds. The van der Waals surface area contributed by atoms with Crippen molar-refractivity contribution in [3.63, 3.8) is 0 Å². The molecule has 0 radical (unpaired) electrons. The quantitative estimate of drug-likeness (QED) is 0.506. The first-order chi connectivity index (χ1) is 13.9. The van der Waals surface area contributed by atoms with Gasteiger partial charge in [0.05, 0.1) is 35.2 Å². The Bertz CT molecular complexity index is 1190. The van der Waals surface area contributed by atoms with Gasteiger partial charge in [0, 0.05) is 31.5 Å². The van der Waals surface area contributed by atoms with Crippen molar-refractivity contribution in [3.8, 4) is 0 Å². The van der Waals surface area contributed by atoms with Gasteiger partial charge in [-0.25, -0.2) is 9.97 Å². The third-order valence-corrected chi connectivity index (χ3v) is 4.88. The maximum absolute atomic E-state index is 12.4. The minimum atomic E-state index is -0.455. The standard InChI is InChI=1S/C21H21N5O3/c1-12-8-16-18(24-17-9-13(25(2)3)4-5-14(17)22-16)10-15(12)23-19-11-20(28)26(6-7-27)21(19)29/h4-5,8-11,23,27H,6-7H2,1-3H3. The Labute approximate surface area is 167 Å². The molecule has 2 heterocycles. The van der Waals surface area contributed by atoms with Crippen LogP contribution in [0.15, 0.2) is 42.1 Å². The van der Waals surface area contributed by atoms with Crippen LogP contribution >= 0.6 is 0 Å². The van der Waals surface area contributed by atoms with Crippen LogP contribution in [0.2, 0.25) is 0 Å². The van der Waals surface area contributed by atoms with Crippen LogP contribution in [-0.2, 0) is 9.59 Å². The van der Waals surface area contributed by atoms with Gasteiger partial charge in [0.1, 0.15) is 5.70 Å². The number of aryl methyl sites for hydroxylation is 1. The topological polar surface area (TPSA) is 98.7 Å². The van der Waals surface area contributed by atoms with E-state index in [0.29, 0.717) is 11.2 Å². The van der Waals surface area contributed by atoms with E-state index >= 15 is 0 Å². The minimum absolute atomic E-state index is 0.0261. The molecule has 4 rings (SSSR count). The van der Waals surface area contributed by atoms with Crippen molar-refractivity contribution in [3.05, 3.63) is 47.7 Å². The molecule has 1 aliphatic heterocycles. The Morgan fingerprint density at radius 3 is 2.45 bits per heavy atom. The average molecular weight is 391 g/mol. The lowest BCUT2D eigenvalue weighted by molar-refractivity contribution is -0.137. The molecule has 0 fully saturated rings. The molecule has 0 bridgehead atoms. The predicted molar refractivity (Wildman–Crippen MR) is 112 cm³/mol. The molecule has 0 saturated heterocycles. The summed E-state index contributed by atoms with van der Waals surface area (Å²) < 4.78 is 0. The SMILES string of the molecule is Cc1cc2nc3ccc(N(C)C)cc3nc2cc1NC1=CC(=O)N(CCO)C1=O. The zero-order valence-corrected chi connectivity index (χ0v) is 16.4. The molecular weight excluding hydrogens is 370 g/mol. The lowest BCUT2D eigenvalue weighted by atomic mass is 10.1. The van der Waals surface area contributed by atoms with E-state index in [-0.39, 0.29) is 18.8 Å². The van der Waals surface area contributed by atoms with Crippen LogP contribution in [0.1, 0.15) is 5.56 Å². The van der Waals surface area contributed by atoms with Crippen molar-refractivity contribution in [1.82, 2.24) is 14.9 Å². The summed E-state index contributed by atoms with van der Waals surface area (Å²) in [6.07, 6.45) is 1.25. The fraction of sp³-hybridized carbons (Fsp3) is 0.238. The Balaban J connectivity index is 1.72. The maximum atomic E-state index is 12.4. The smallest absolute Gasteiger partial charge is 0.277 e. The molecule has 0 atom stereocenters. The molecule has 148 valence electrons. The zero-order valence-electron chi connectivity index (χ0n) is 16.4. The van der Waals surface area contributed by atoms with E-state index < -0.39 is 11.8 Å². The molecule has 0 unspecified atom stereocenters. The van der Waals surface area contributed by atoms with Gasteiger partial charge in [0.2, 0.25) is 0 Å². The lowest BCUT2D eigenvalue weighted by Gasteiger charge is -2.15. The van der Waals surface area contributed by atoms with Crippen LogP contribution in [0.3, 0.4) is 0 Å². The summed E-state index contributed by atoms with van der Waals surface area (Å²) in [6, 6.07) is 9.65. The molecule has 0 saturated carbocycles. The van der Waals surface area contributed by atoms with Crippen molar-refractivity contribution < 1.29 is 14.7 Å². The van der Waals surface area contributed by atoms with Gasteiger partial charge in [0.15, 0.2) is 0 Å². The Morgan fingerprint density at radius 1 is 1.03 bits per heavy atom. The Kier molecular flexibility index (Phi) is 4.63. The van der Waals surface area contributed by atoms with Crippen LogP contribution in [0.5, 0.6) is 0 Å². The normalized spacial score (nSPS) is 14.1. The summed E-state index contributed by atoms with van der Waals surface area (Å²) in [4.78, 5) is 36.8. The van der Waals surface area contributed by atoms with E-state index in [1.54, 1.807) is 0 Å². The number of benzene rings is 2. The summed E-state index contributed by atoms with van der Waals surface area (Å²) in [7, 11) is 3.93. The fourth-order valence-electron chi connectivity index (χ4n) is 3.28. The number of amides is 2. The number of hydrogen-bond acceptors (Lipinski definition) is 7. The molecule has 0 aliphatic carbocycles. The molecule has 3 aromatic rings. The van der Waals surface area contributed by atoms with Gasteiger partial charge in [-0.05, 0) is 42.8 Å². The second kappa shape index (κ2) is 7.14. The highest BCUT2D eigenvalue weighted by Crippen LogP contribution is 2.27. The predicted octanol–water partition coefficient (Wildman–Crippen LogP) is 1.81. The summed E-state index contributed by atoms with van der Waals surface area (Å²) in [5.74, 6) is -0.893. The number of carbonyl (C=O) groups is 2. The number of fused-ring (bicyclic) bond motifs is 2. The van der Waals surface area contributed by atoms with Crippen molar-refractivity contribution in [1.29, 1.82) is 0 Å². The van der Waals surface area contributed by atoms with E-state index in [9.17, 15) is 9.59 Å². The number of imide groups is 1. The van der Waals surface area contributed by atoms with Crippen LogP contribution in [0.4, 0.5) is 11.4 Å². The van der Waals surface area contributed by atoms with Crippen molar-refractivity contribution >= 4 is 45.3 Å². The van der Waals surface area contributed by atoms with Gasteiger partial charge < -0.3 is 15.3 Å². The van der Waals surface area contributed by atoms with Crippen LogP contribution in [0.25, 0.3) is 22.1 Å². The largest absolute Gasteiger partial charge is 0.395 e. The fourth-order valence-corrected chi connectivity index (χ4v) is 3.28. The van der Waals surface area contributed by atoms with Gasteiger partial charge in [-0.3, -0.25) is 14.5 Å². The van der Waals surface area contributed by atoms with E-state index in [2.05, 4.69) is 5.32 Å². The number of hydrogen-bond donors (Lipinski definition) is 2. The Hall–Kier alpha value is -3.52. The van der Waals surface area contributed by atoms with Crippen LogP contribution in [-0.4, -0.2) is 59.0 Å². The van der Waals surface area contributed by atoms with Crippen LogP contribution in [0, 0.1) is 6.92 Å². The van der Waals surface area contributed by atoms with Gasteiger partial charge >= 0.3 is 0 Å². The third-order valence-electron chi connectivity index (χ3n) is 4.88. The minimum Gasteiger partial charge on any atom is -0.395 e. The monoisotopic (exact) mass is 391 g/mol. The first kappa shape index (κ1) is 18.8. The van der Waals surface area contributed by atoms with Crippen molar-refractivity contribution in [2.24, 2.45) is 0 Å². The van der Waals surface area contributed by atoms with Gasteiger partial charge in [-0.2, -0.15) is 0 Å². The number of aliphatic hydroxyl groups excluding tert-OH is 1. The summed E-state index contributed by atoms with van der Waals surface area (Å²) in [6.45, 7) is 1.60. The number of β-amino-alcohol motifs (C(OH)–C–C–N with tert-alkyl or cyclic N) is 1. The molecule has 1 aliphatic rings. The van der Waals surface area contributed by atoms with E-state index in [1.807, 2.05) is 56.3 Å². The van der Waals surface area contributed by atoms with Gasteiger partial charge in [0.25, 0.3) is 11.8 Å². The summed E-state index contributed by atoms with van der Waals surface area (Å²) in [5, 5.41) is 12.1. The summed E-state index contributed by atoms with van der Waals surface area (Å²) in [5.41, 5.74) is 5.77. The molecule has 2 aromatic carbocycles. The lowest BCUT2D eigenvalue weighted by Crippen LogP contribution is -2.34. The first-order valence-corrected chi connectivity index (χ1v) is 9.22. The number of aliphatic hydroxyl groups is 1. The second-order valence-corrected chi connectivity index (χ2v) is 7.15. The first-order valence-electron chi connectivity index (χ1n) is 9.22. The van der Waals surface area contributed by atoms with E-state index in [0.717, 1.165) is 32.7 Å². The molecule has 8 heteroatoms. The third kappa shape index (κ3) is 3.38. The van der Waals surface area contributed by atoms with E-state index in [4.69, 9.17) is 15.1 Å². The number of anilines is 2. The average Bonchev–Trinajstić information content (AvgIpc) is 2.94. The molecule has 0 spiro atoms. The number of aromatic nitrogens is 2. The second-order valence-electron chi connectivity index (χ2n) is 7.15. The number of nitrogens with zero attached hydrogens (tertiary/aromatic N) is 4. The van der Waals surface area contributed by atoms with Crippen LogP contribution < -0.4 is 10.2 Å². The van der Waals surface area contributed by atoms with E-state index in [1.165, 1.54) is 6.08 Å². The van der Waals surface area contributed by atoms with Gasteiger partial charge in [-0.1, -0.05) is 0 Å². The summed E-state index contributed by atoms with van der Waals surface area (Å²) >= 11 is 0. The highest BCUT2D eigenvalue weighted by molar-refractivity contribution is 6.17. The van der Waals surface area contributed by atoms with Gasteiger partial charge in [-0.15, -0.1) is 0 Å². The van der Waals surface area contributed by atoms with Crippen molar-refractivity contribution in [2.75, 3.05) is 37.5 Å². The molecule has 8 nitrogen and oxygen atoms in total. The Morgan fingerprint density at radius 2 is 1.72 bits per heavy atom. The maximum Gasteiger partial charge on any atom is 0.277 e. The molecule has 1 aromatic heterocycles. The molecular formula is C21H21N5O3.